The van der Waals surface area contributed by atoms with Crippen LogP contribution in [0, 0.1) is 0 Å². The van der Waals surface area contributed by atoms with Gasteiger partial charge in [-0.25, -0.2) is 4.79 Å². The van der Waals surface area contributed by atoms with Gasteiger partial charge in [0, 0.05) is 32.2 Å². The van der Waals surface area contributed by atoms with Gasteiger partial charge in [-0.05, 0) is 19.9 Å². The van der Waals surface area contributed by atoms with Gasteiger partial charge in [0.1, 0.15) is 0 Å². The Labute approximate surface area is 103 Å². The predicted octanol–water partition coefficient (Wildman–Crippen LogP) is 0.247. The fourth-order valence-corrected chi connectivity index (χ4v) is 2.77. The summed E-state index contributed by atoms with van der Waals surface area (Å²) in [6.07, 6.45) is 4.14. The van der Waals surface area contributed by atoms with Crippen LogP contribution in [0.4, 0.5) is 4.79 Å². The Morgan fingerprint density at radius 1 is 1.47 bits per heavy atom. The molecule has 0 aromatic heterocycles. The molecule has 2 rings (SSSR count). The zero-order valence-electron chi connectivity index (χ0n) is 10.6. The van der Waals surface area contributed by atoms with Crippen molar-refractivity contribution in [3.63, 3.8) is 0 Å². The van der Waals surface area contributed by atoms with E-state index in [0.717, 1.165) is 45.4 Å². The number of rotatable bonds is 4. The zero-order chi connectivity index (χ0) is 12.3. The van der Waals surface area contributed by atoms with Crippen molar-refractivity contribution < 1.29 is 9.90 Å². The molecule has 2 N–H and O–H groups in total. The van der Waals surface area contributed by atoms with E-state index in [0.29, 0.717) is 0 Å². The monoisotopic (exact) mass is 241 g/mol. The van der Waals surface area contributed by atoms with E-state index in [1.807, 2.05) is 11.9 Å². The van der Waals surface area contributed by atoms with Crippen LogP contribution in [0.15, 0.2) is 0 Å². The summed E-state index contributed by atoms with van der Waals surface area (Å²) in [5.74, 6) is 0. The molecule has 5 nitrogen and oxygen atoms in total. The molecule has 5 heteroatoms. The van der Waals surface area contributed by atoms with E-state index in [2.05, 4.69) is 10.2 Å². The van der Waals surface area contributed by atoms with Gasteiger partial charge in [-0.1, -0.05) is 12.8 Å². The average Bonchev–Trinajstić information content (AvgIpc) is 2.72. The summed E-state index contributed by atoms with van der Waals surface area (Å²) in [5.41, 5.74) is 0. The van der Waals surface area contributed by atoms with Crippen molar-refractivity contribution in [2.75, 3.05) is 33.2 Å². The SMILES string of the molecule is CN(CCN1CCNC1=O)C1CCCCC1O. The molecule has 2 amide bonds. The third-order valence-electron chi connectivity index (χ3n) is 3.93. The Morgan fingerprint density at radius 2 is 2.24 bits per heavy atom. The molecule has 1 aliphatic carbocycles. The van der Waals surface area contributed by atoms with E-state index in [-0.39, 0.29) is 18.2 Å². The molecule has 1 aliphatic heterocycles. The second-order valence-electron chi connectivity index (χ2n) is 5.12. The highest BCUT2D eigenvalue weighted by molar-refractivity contribution is 5.76. The molecule has 2 aliphatic rings. The van der Waals surface area contributed by atoms with Crippen LogP contribution in [0.5, 0.6) is 0 Å². The van der Waals surface area contributed by atoms with Gasteiger partial charge in [-0.2, -0.15) is 0 Å². The molecular weight excluding hydrogens is 218 g/mol. The van der Waals surface area contributed by atoms with Crippen LogP contribution in [0.1, 0.15) is 25.7 Å². The number of nitrogens with zero attached hydrogens (tertiary/aromatic N) is 2. The summed E-state index contributed by atoms with van der Waals surface area (Å²) < 4.78 is 0. The summed E-state index contributed by atoms with van der Waals surface area (Å²) in [7, 11) is 2.05. The maximum atomic E-state index is 11.4. The lowest BCUT2D eigenvalue weighted by Crippen LogP contribution is -2.46. The van der Waals surface area contributed by atoms with Crippen molar-refractivity contribution in [3.8, 4) is 0 Å². The number of hydrogen-bond donors (Lipinski definition) is 2. The first-order valence-electron chi connectivity index (χ1n) is 6.59. The Kier molecular flexibility index (Phi) is 4.23. The molecular formula is C12H23N3O2. The third-order valence-corrected chi connectivity index (χ3v) is 3.93. The number of likely N-dealkylation sites (N-methyl/N-ethyl adjacent to an activating group) is 1. The maximum absolute atomic E-state index is 11.4. The van der Waals surface area contributed by atoms with Gasteiger partial charge in [-0.3, -0.25) is 4.90 Å². The molecule has 98 valence electrons. The molecule has 0 bridgehead atoms. The molecule has 17 heavy (non-hydrogen) atoms. The largest absolute Gasteiger partial charge is 0.391 e. The van der Waals surface area contributed by atoms with E-state index in [1.54, 1.807) is 0 Å². The number of amides is 2. The van der Waals surface area contributed by atoms with Gasteiger partial charge in [0.25, 0.3) is 0 Å². The summed E-state index contributed by atoms with van der Waals surface area (Å²) >= 11 is 0. The number of nitrogens with one attached hydrogen (secondary N) is 1. The molecule has 0 aromatic carbocycles. The van der Waals surface area contributed by atoms with Crippen molar-refractivity contribution in [1.29, 1.82) is 0 Å². The predicted molar refractivity (Wildman–Crippen MR) is 65.9 cm³/mol. The second kappa shape index (κ2) is 5.69. The smallest absolute Gasteiger partial charge is 0.317 e. The number of carbonyl (C=O) groups is 1. The van der Waals surface area contributed by atoms with Crippen LogP contribution in [0.2, 0.25) is 0 Å². The molecule has 1 heterocycles. The highest BCUT2D eigenvalue weighted by atomic mass is 16.3. The Hall–Kier alpha value is -0.810. The number of urea groups is 1. The van der Waals surface area contributed by atoms with Crippen molar-refractivity contribution in [1.82, 2.24) is 15.1 Å². The number of carbonyl (C=O) groups excluding carboxylic acids is 1. The zero-order valence-corrected chi connectivity index (χ0v) is 10.6. The quantitative estimate of drug-likeness (QED) is 0.741. The molecule has 0 aromatic rings. The molecule has 1 saturated carbocycles. The Balaban J connectivity index is 1.76. The highest BCUT2D eigenvalue weighted by Crippen LogP contribution is 2.22. The van der Waals surface area contributed by atoms with Crippen LogP contribution in [0.3, 0.4) is 0 Å². The average molecular weight is 241 g/mol. The topological polar surface area (TPSA) is 55.8 Å². The Bertz CT molecular complexity index is 272. The number of aliphatic hydroxyl groups is 1. The van der Waals surface area contributed by atoms with Crippen LogP contribution in [-0.2, 0) is 0 Å². The fraction of sp³-hybridized carbons (Fsp3) is 0.917. The Morgan fingerprint density at radius 3 is 2.88 bits per heavy atom. The van der Waals surface area contributed by atoms with Crippen LogP contribution in [0.25, 0.3) is 0 Å². The lowest BCUT2D eigenvalue weighted by atomic mass is 9.91. The summed E-state index contributed by atoms with van der Waals surface area (Å²) in [4.78, 5) is 15.4. The van der Waals surface area contributed by atoms with E-state index in [4.69, 9.17) is 0 Å². The number of hydrogen-bond acceptors (Lipinski definition) is 3. The normalized spacial score (nSPS) is 29.8. The lowest BCUT2D eigenvalue weighted by Gasteiger charge is -2.35. The van der Waals surface area contributed by atoms with Gasteiger partial charge >= 0.3 is 6.03 Å². The molecule has 0 radical (unpaired) electrons. The van der Waals surface area contributed by atoms with Crippen LogP contribution < -0.4 is 5.32 Å². The van der Waals surface area contributed by atoms with E-state index < -0.39 is 0 Å². The van der Waals surface area contributed by atoms with Crippen molar-refractivity contribution >= 4 is 6.03 Å². The molecule has 1 saturated heterocycles. The lowest BCUT2D eigenvalue weighted by molar-refractivity contribution is 0.0302. The van der Waals surface area contributed by atoms with Crippen molar-refractivity contribution in [2.24, 2.45) is 0 Å². The van der Waals surface area contributed by atoms with Gasteiger partial charge in [0.05, 0.1) is 6.10 Å². The molecule has 2 unspecified atom stereocenters. The minimum Gasteiger partial charge on any atom is -0.391 e. The van der Waals surface area contributed by atoms with E-state index in [1.165, 1.54) is 6.42 Å². The highest BCUT2D eigenvalue weighted by Gasteiger charge is 2.27. The second-order valence-corrected chi connectivity index (χ2v) is 5.12. The van der Waals surface area contributed by atoms with Crippen LogP contribution in [-0.4, -0.2) is 66.3 Å². The molecule has 0 spiro atoms. The van der Waals surface area contributed by atoms with Gasteiger partial charge in [0.2, 0.25) is 0 Å². The van der Waals surface area contributed by atoms with Gasteiger partial charge in [-0.15, -0.1) is 0 Å². The van der Waals surface area contributed by atoms with Crippen molar-refractivity contribution in [3.05, 3.63) is 0 Å². The number of aliphatic hydroxyl groups excluding tert-OH is 1. The van der Waals surface area contributed by atoms with Crippen LogP contribution >= 0.6 is 0 Å². The first-order chi connectivity index (χ1) is 8.18. The maximum Gasteiger partial charge on any atom is 0.317 e. The molecule has 2 atom stereocenters. The minimum atomic E-state index is -0.193. The van der Waals surface area contributed by atoms with Gasteiger partial charge < -0.3 is 15.3 Å². The summed E-state index contributed by atoms with van der Waals surface area (Å²) in [6.45, 7) is 3.16. The minimum absolute atomic E-state index is 0.0441. The van der Waals surface area contributed by atoms with E-state index in [9.17, 15) is 9.90 Å². The van der Waals surface area contributed by atoms with Crippen molar-refractivity contribution in [2.45, 2.75) is 37.8 Å². The summed E-state index contributed by atoms with van der Waals surface area (Å²) in [6, 6.07) is 0.317. The van der Waals surface area contributed by atoms with Gasteiger partial charge in [0.15, 0.2) is 0 Å². The summed E-state index contributed by atoms with van der Waals surface area (Å²) in [5, 5.41) is 12.7. The first kappa shape index (κ1) is 12.6. The molecule has 2 fully saturated rings. The standard InChI is InChI=1S/C12H23N3O2/c1-14(10-4-2-3-5-11(10)16)8-9-15-7-6-13-12(15)17/h10-11,16H,2-9H2,1H3,(H,13,17). The third kappa shape index (κ3) is 3.10. The fourth-order valence-electron chi connectivity index (χ4n) is 2.77. The first-order valence-corrected chi connectivity index (χ1v) is 6.59. The van der Waals surface area contributed by atoms with E-state index >= 15 is 0 Å².